The minimum absolute atomic E-state index is 0.0441. The van der Waals surface area contributed by atoms with E-state index in [2.05, 4.69) is 4.98 Å². The number of aldehydes is 1. The van der Waals surface area contributed by atoms with Gasteiger partial charge in [-0.3, -0.25) is 14.9 Å². The maximum absolute atomic E-state index is 12.4. The summed E-state index contributed by atoms with van der Waals surface area (Å²) in [4.78, 5) is 37.1. The van der Waals surface area contributed by atoms with Crippen molar-refractivity contribution in [2.45, 2.75) is 39.7 Å². The van der Waals surface area contributed by atoms with Crippen LogP contribution in [0.25, 0.3) is 11.1 Å². The van der Waals surface area contributed by atoms with Gasteiger partial charge >= 0.3 is 5.97 Å². The van der Waals surface area contributed by atoms with Crippen LogP contribution in [0, 0.1) is 10.1 Å². The number of hydrogen-bond acceptors (Lipinski definition) is 5. The van der Waals surface area contributed by atoms with Crippen molar-refractivity contribution in [1.82, 2.24) is 4.98 Å². The van der Waals surface area contributed by atoms with Gasteiger partial charge in [-0.05, 0) is 50.5 Å². The van der Waals surface area contributed by atoms with Gasteiger partial charge in [0.15, 0.2) is 6.29 Å². The predicted octanol–water partition coefficient (Wildman–Crippen LogP) is 3.92. The van der Waals surface area contributed by atoms with Crippen molar-refractivity contribution in [3.63, 3.8) is 0 Å². The zero-order valence-electron chi connectivity index (χ0n) is 14.6. The molecule has 0 unspecified atom stereocenters. The van der Waals surface area contributed by atoms with Gasteiger partial charge in [0.25, 0.3) is 5.69 Å². The van der Waals surface area contributed by atoms with Crippen molar-refractivity contribution >= 4 is 17.9 Å². The number of rotatable bonds is 5. The summed E-state index contributed by atoms with van der Waals surface area (Å²) in [5.74, 6) is -0.541. The molecule has 1 N–H and O–H groups in total. The van der Waals surface area contributed by atoms with E-state index in [1.165, 1.54) is 12.1 Å². The number of nitrogens with zero attached hydrogens (tertiary/aromatic N) is 1. The van der Waals surface area contributed by atoms with Gasteiger partial charge in [-0.25, -0.2) is 4.79 Å². The van der Waals surface area contributed by atoms with E-state index in [1.54, 1.807) is 32.9 Å². The summed E-state index contributed by atoms with van der Waals surface area (Å²) >= 11 is 0. The van der Waals surface area contributed by atoms with Gasteiger partial charge in [0.2, 0.25) is 0 Å². The third-order valence-electron chi connectivity index (χ3n) is 3.57. The van der Waals surface area contributed by atoms with Gasteiger partial charge in [-0.15, -0.1) is 0 Å². The molecule has 0 aliphatic rings. The second kappa shape index (κ2) is 6.88. The highest BCUT2D eigenvalue weighted by atomic mass is 16.6. The highest BCUT2D eigenvalue weighted by Crippen LogP contribution is 2.32. The smallest absolute Gasteiger partial charge is 0.355 e. The lowest BCUT2D eigenvalue weighted by Crippen LogP contribution is -2.24. The van der Waals surface area contributed by atoms with Crippen molar-refractivity contribution in [3.8, 4) is 11.1 Å². The number of nitro benzene ring substituents is 1. The largest absolute Gasteiger partial charge is 0.455 e. The Labute approximate surface area is 145 Å². The van der Waals surface area contributed by atoms with Crippen LogP contribution in [0.1, 0.15) is 54.2 Å². The number of non-ortho nitro benzene ring substituents is 1. The fourth-order valence-electron chi connectivity index (χ4n) is 2.59. The molecule has 0 saturated carbocycles. The summed E-state index contributed by atoms with van der Waals surface area (Å²) < 4.78 is 5.39. The molecule has 7 nitrogen and oxygen atoms in total. The number of benzene rings is 1. The molecule has 132 valence electrons. The lowest BCUT2D eigenvalue weighted by molar-refractivity contribution is -0.384. The van der Waals surface area contributed by atoms with E-state index in [9.17, 15) is 19.7 Å². The Kier molecular flexibility index (Phi) is 5.06. The Morgan fingerprint density at radius 2 is 1.88 bits per heavy atom. The molecule has 0 radical (unpaired) electrons. The number of nitrogens with one attached hydrogen (secondary N) is 1. The summed E-state index contributed by atoms with van der Waals surface area (Å²) in [5.41, 5.74) is 1.59. The van der Waals surface area contributed by atoms with Gasteiger partial charge < -0.3 is 9.72 Å². The fraction of sp³-hybridized carbons (Fsp3) is 0.333. The summed E-state index contributed by atoms with van der Waals surface area (Å²) in [7, 11) is 0. The lowest BCUT2D eigenvalue weighted by atomic mass is 9.98. The van der Waals surface area contributed by atoms with E-state index in [4.69, 9.17) is 4.74 Å². The monoisotopic (exact) mass is 344 g/mol. The van der Waals surface area contributed by atoms with E-state index in [0.29, 0.717) is 29.4 Å². The first kappa shape index (κ1) is 18.4. The van der Waals surface area contributed by atoms with Crippen LogP contribution in [0.3, 0.4) is 0 Å². The summed E-state index contributed by atoms with van der Waals surface area (Å²) in [6.07, 6.45) is 1.12. The Bertz CT molecular complexity index is 813. The molecular weight excluding hydrogens is 324 g/mol. The zero-order chi connectivity index (χ0) is 18.8. The minimum Gasteiger partial charge on any atom is -0.455 e. The normalized spacial score (nSPS) is 11.2. The summed E-state index contributed by atoms with van der Waals surface area (Å²) in [6.45, 7) is 7.15. The molecule has 0 atom stereocenters. The first-order valence-electron chi connectivity index (χ1n) is 7.86. The summed E-state index contributed by atoms with van der Waals surface area (Å²) in [6, 6.07) is 5.85. The van der Waals surface area contributed by atoms with Gasteiger partial charge in [0.1, 0.15) is 11.3 Å². The molecule has 0 aliphatic carbocycles. The number of aromatic nitrogens is 1. The van der Waals surface area contributed by atoms with E-state index in [1.807, 2.05) is 6.92 Å². The lowest BCUT2D eigenvalue weighted by Gasteiger charge is -2.19. The number of nitro groups is 1. The molecule has 25 heavy (non-hydrogen) atoms. The van der Waals surface area contributed by atoms with E-state index >= 15 is 0 Å². The molecule has 0 amide bonds. The second-order valence-corrected chi connectivity index (χ2v) is 6.54. The number of ether oxygens (including phenoxy) is 1. The van der Waals surface area contributed by atoms with Crippen molar-refractivity contribution in [1.29, 1.82) is 0 Å². The van der Waals surface area contributed by atoms with Crippen LogP contribution < -0.4 is 0 Å². The van der Waals surface area contributed by atoms with Crippen LogP contribution >= 0.6 is 0 Å². The van der Waals surface area contributed by atoms with Crippen LogP contribution in [0.5, 0.6) is 0 Å². The fourth-order valence-corrected chi connectivity index (χ4v) is 2.59. The summed E-state index contributed by atoms with van der Waals surface area (Å²) in [5, 5.41) is 10.8. The van der Waals surface area contributed by atoms with Crippen molar-refractivity contribution in [2.24, 2.45) is 0 Å². The van der Waals surface area contributed by atoms with E-state index < -0.39 is 16.5 Å². The molecule has 2 aromatic rings. The predicted molar refractivity (Wildman–Crippen MR) is 92.8 cm³/mol. The highest BCUT2D eigenvalue weighted by molar-refractivity contribution is 5.97. The third kappa shape index (κ3) is 3.93. The SMILES string of the molecule is CCc1c(C(=O)OC(C)(C)C)[nH]c(C=O)c1-c1ccc([N+](=O)[O-])cc1. The number of aromatic amines is 1. The first-order valence-corrected chi connectivity index (χ1v) is 7.86. The van der Waals surface area contributed by atoms with Crippen LogP contribution in [-0.4, -0.2) is 27.8 Å². The molecule has 0 fully saturated rings. The number of H-pyrrole nitrogens is 1. The molecule has 0 spiro atoms. The molecule has 7 heteroatoms. The molecule has 1 aromatic carbocycles. The van der Waals surface area contributed by atoms with Gasteiger partial charge in [-0.1, -0.05) is 6.92 Å². The quantitative estimate of drug-likeness (QED) is 0.383. The van der Waals surface area contributed by atoms with Gasteiger partial charge in [0, 0.05) is 17.7 Å². The molecule has 1 heterocycles. The van der Waals surface area contributed by atoms with Crippen LogP contribution in [0.15, 0.2) is 24.3 Å². The number of esters is 1. The topological polar surface area (TPSA) is 102 Å². The second-order valence-electron chi connectivity index (χ2n) is 6.54. The minimum atomic E-state index is -0.665. The maximum atomic E-state index is 12.4. The van der Waals surface area contributed by atoms with Crippen molar-refractivity contribution in [2.75, 3.05) is 0 Å². The van der Waals surface area contributed by atoms with Crippen molar-refractivity contribution < 1.29 is 19.2 Å². The van der Waals surface area contributed by atoms with Crippen LogP contribution in [0.2, 0.25) is 0 Å². The van der Waals surface area contributed by atoms with E-state index in [0.717, 1.165) is 0 Å². The Balaban J connectivity index is 2.56. The molecule has 1 aromatic heterocycles. The van der Waals surface area contributed by atoms with Gasteiger partial charge in [0.05, 0.1) is 10.6 Å². The Hall–Kier alpha value is -2.96. The number of hydrogen-bond donors (Lipinski definition) is 1. The first-order chi connectivity index (χ1) is 11.7. The maximum Gasteiger partial charge on any atom is 0.355 e. The molecule has 0 bridgehead atoms. The average molecular weight is 344 g/mol. The standard InChI is InChI=1S/C18H20N2O5/c1-5-13-15(11-6-8-12(9-7-11)20(23)24)14(10-21)19-16(13)17(22)25-18(2,3)4/h6-10,19H,5H2,1-4H3. The molecule has 0 saturated heterocycles. The Morgan fingerprint density at radius 3 is 2.32 bits per heavy atom. The zero-order valence-corrected chi connectivity index (χ0v) is 14.6. The van der Waals surface area contributed by atoms with Crippen LogP contribution in [0.4, 0.5) is 5.69 Å². The number of carbonyl (C=O) groups is 2. The average Bonchev–Trinajstić information content (AvgIpc) is 2.92. The molecule has 2 rings (SSSR count). The highest BCUT2D eigenvalue weighted by Gasteiger charge is 2.26. The molecule has 0 aliphatic heterocycles. The third-order valence-corrected chi connectivity index (χ3v) is 3.57. The van der Waals surface area contributed by atoms with E-state index in [-0.39, 0.29) is 17.1 Å². The van der Waals surface area contributed by atoms with Gasteiger partial charge in [-0.2, -0.15) is 0 Å². The molecular formula is C18H20N2O5. The van der Waals surface area contributed by atoms with Crippen LogP contribution in [-0.2, 0) is 11.2 Å². The Morgan fingerprint density at radius 1 is 1.28 bits per heavy atom. The van der Waals surface area contributed by atoms with Crippen molar-refractivity contribution in [3.05, 3.63) is 51.3 Å². The number of carbonyl (C=O) groups excluding carboxylic acids is 2.